The van der Waals surface area contributed by atoms with E-state index in [9.17, 15) is 37.1 Å². The maximum absolute atomic E-state index is 13.9. The fraction of sp³-hybridized carbons (Fsp3) is 0.250. The number of hydrogen-bond donors (Lipinski definition) is 3. The van der Waals surface area contributed by atoms with Crippen LogP contribution in [0.4, 0.5) is 17.6 Å². The molecule has 0 fully saturated rings. The summed E-state index contributed by atoms with van der Waals surface area (Å²) in [4.78, 5) is 42.9. The molecule has 3 aromatic carbocycles. The molecule has 1 aliphatic heterocycles. The minimum Gasteiger partial charge on any atom is -0.481 e. The van der Waals surface area contributed by atoms with Gasteiger partial charge in [0, 0.05) is 18.2 Å². The van der Waals surface area contributed by atoms with Crippen LogP contribution in [-0.2, 0) is 25.6 Å². The van der Waals surface area contributed by atoms with E-state index in [1.54, 1.807) is 6.92 Å². The Hall–Kier alpha value is -4.45. The molecule has 0 aromatic heterocycles. The van der Waals surface area contributed by atoms with Crippen LogP contribution in [-0.4, -0.2) is 41.0 Å². The predicted octanol–water partition coefficient (Wildman–Crippen LogP) is 4.11. The lowest BCUT2D eigenvalue weighted by Gasteiger charge is -2.25. The highest BCUT2D eigenvalue weighted by Gasteiger charge is 2.43. The fourth-order valence-corrected chi connectivity index (χ4v) is 4.30. The second kappa shape index (κ2) is 11.7. The monoisotopic (exact) mass is 560 g/mol. The first-order chi connectivity index (χ1) is 19.0. The van der Waals surface area contributed by atoms with Gasteiger partial charge in [0.15, 0.2) is 28.8 Å². The molecule has 12 heteroatoms. The van der Waals surface area contributed by atoms with Gasteiger partial charge in [-0.15, -0.1) is 0 Å². The summed E-state index contributed by atoms with van der Waals surface area (Å²) in [7, 11) is 0. The maximum atomic E-state index is 13.9. The number of carbonyl (C=O) groups is 3. The number of hydrogen-bond acceptors (Lipinski definition) is 6. The summed E-state index contributed by atoms with van der Waals surface area (Å²) >= 11 is 0. The smallest absolute Gasteiger partial charge is 0.305 e. The Balaban J connectivity index is 1.50. The number of hydroxylamine groups is 1. The zero-order chi connectivity index (χ0) is 29.0. The van der Waals surface area contributed by atoms with Gasteiger partial charge in [-0.05, 0) is 28.8 Å². The van der Waals surface area contributed by atoms with Crippen molar-refractivity contribution in [3.8, 4) is 5.75 Å². The van der Waals surface area contributed by atoms with Gasteiger partial charge in [-0.3, -0.25) is 24.7 Å². The van der Waals surface area contributed by atoms with Gasteiger partial charge in [-0.2, -0.15) is 8.78 Å². The Kier molecular flexibility index (Phi) is 8.38. The first-order valence-electron chi connectivity index (χ1n) is 12.2. The van der Waals surface area contributed by atoms with Gasteiger partial charge in [-0.25, -0.2) is 8.78 Å². The maximum Gasteiger partial charge on any atom is 0.305 e. The van der Waals surface area contributed by atoms with Crippen molar-refractivity contribution in [1.82, 2.24) is 10.8 Å². The fourth-order valence-electron chi connectivity index (χ4n) is 4.30. The zero-order valence-corrected chi connectivity index (χ0v) is 21.1. The molecule has 1 amide bonds. The number of allylic oxidation sites excluding steroid dienone is 1. The molecule has 8 nitrogen and oxygen atoms in total. The first-order valence-corrected chi connectivity index (χ1v) is 12.2. The van der Waals surface area contributed by atoms with Gasteiger partial charge in [0.05, 0.1) is 6.42 Å². The number of carboxylic acid groups (broad SMARTS) is 1. The van der Waals surface area contributed by atoms with Crippen molar-refractivity contribution in [3.63, 3.8) is 0 Å². The van der Waals surface area contributed by atoms with Crippen LogP contribution in [0.5, 0.6) is 5.75 Å². The Morgan fingerprint density at radius 3 is 2.40 bits per heavy atom. The van der Waals surface area contributed by atoms with Crippen molar-refractivity contribution in [2.45, 2.75) is 37.8 Å². The van der Waals surface area contributed by atoms with E-state index in [0.717, 1.165) is 16.3 Å². The van der Waals surface area contributed by atoms with Gasteiger partial charge in [-0.1, -0.05) is 49.4 Å². The topological polar surface area (TPSA) is 114 Å². The number of halogens is 4. The molecule has 0 spiro atoms. The molecule has 0 aliphatic carbocycles. The third kappa shape index (κ3) is 5.91. The van der Waals surface area contributed by atoms with Crippen molar-refractivity contribution in [2.75, 3.05) is 6.61 Å². The van der Waals surface area contributed by atoms with Crippen molar-refractivity contribution >= 4 is 28.4 Å². The van der Waals surface area contributed by atoms with E-state index in [-0.39, 0.29) is 12.5 Å². The molecule has 210 valence electrons. The second-order valence-electron chi connectivity index (χ2n) is 9.11. The van der Waals surface area contributed by atoms with E-state index in [1.807, 2.05) is 42.5 Å². The molecule has 2 atom stereocenters. The van der Waals surface area contributed by atoms with Crippen LogP contribution in [0.25, 0.3) is 10.8 Å². The number of benzene rings is 3. The Labute approximate surface area is 225 Å². The SMILES string of the molecule is CCC1(C(=O)N[C@@H](CC(=O)O)C(=O)COc2c(F)c(F)cc(F)c2F)C=C(Cc2cccc3ccccc23)NO1. The third-order valence-electron chi connectivity index (χ3n) is 6.45. The van der Waals surface area contributed by atoms with Crippen molar-refractivity contribution < 1.29 is 46.6 Å². The van der Waals surface area contributed by atoms with Crippen LogP contribution in [0.15, 0.2) is 60.3 Å². The quantitative estimate of drug-likeness (QED) is 0.239. The standard InChI is InChI=1S/C28H24F4N2O6/c1-2-28(13-17(34-40-28)10-16-8-5-7-15-6-3-4-9-18(15)16)27(38)33-21(12-23(36)37)22(35)14-39-26-24(31)19(29)11-20(30)25(26)32/h3-9,11,13,21,34H,2,10,12,14H2,1H3,(H,33,38)(H,36,37)/t21-,28?/m0/s1. The Bertz CT molecular complexity index is 1480. The summed E-state index contributed by atoms with van der Waals surface area (Å²) < 4.78 is 59.3. The Morgan fingerprint density at radius 1 is 1.05 bits per heavy atom. The first kappa shape index (κ1) is 28.6. The van der Waals surface area contributed by atoms with E-state index < -0.39 is 71.3 Å². The van der Waals surface area contributed by atoms with Crippen LogP contribution >= 0.6 is 0 Å². The minimum atomic E-state index is -1.87. The van der Waals surface area contributed by atoms with E-state index in [0.29, 0.717) is 12.1 Å². The lowest BCUT2D eigenvalue weighted by atomic mass is 9.95. The lowest BCUT2D eigenvalue weighted by molar-refractivity contribution is -0.148. The molecule has 0 saturated carbocycles. The van der Waals surface area contributed by atoms with Gasteiger partial charge in [0.1, 0.15) is 12.6 Å². The number of nitrogens with one attached hydrogen (secondary N) is 2. The van der Waals surface area contributed by atoms with Crippen LogP contribution in [0.1, 0.15) is 25.3 Å². The summed E-state index contributed by atoms with van der Waals surface area (Å²) in [6.07, 6.45) is 1.09. The average Bonchev–Trinajstić information content (AvgIpc) is 3.35. The highest BCUT2D eigenvalue weighted by atomic mass is 19.2. The summed E-state index contributed by atoms with van der Waals surface area (Å²) in [6, 6.07) is 11.8. The van der Waals surface area contributed by atoms with Crippen LogP contribution in [0, 0.1) is 23.3 Å². The summed E-state index contributed by atoms with van der Waals surface area (Å²) in [5, 5.41) is 13.6. The number of carbonyl (C=O) groups excluding carboxylic acids is 2. The Morgan fingerprint density at radius 2 is 1.73 bits per heavy atom. The van der Waals surface area contributed by atoms with Crippen molar-refractivity contribution in [1.29, 1.82) is 0 Å². The predicted molar refractivity (Wildman–Crippen MR) is 134 cm³/mol. The number of Topliss-reactive ketones (excluding diaryl/α,β-unsaturated/α-hetero) is 1. The number of rotatable bonds is 11. The van der Waals surface area contributed by atoms with E-state index >= 15 is 0 Å². The lowest BCUT2D eigenvalue weighted by Crippen LogP contribution is -2.53. The molecular weight excluding hydrogens is 536 g/mol. The number of ether oxygens (including phenoxy) is 1. The molecule has 40 heavy (non-hydrogen) atoms. The van der Waals surface area contributed by atoms with Gasteiger partial charge in [0.2, 0.25) is 11.6 Å². The van der Waals surface area contributed by atoms with E-state index in [2.05, 4.69) is 15.5 Å². The highest BCUT2D eigenvalue weighted by molar-refractivity contribution is 5.96. The molecule has 0 radical (unpaired) electrons. The molecule has 1 unspecified atom stereocenters. The number of ketones is 1. The van der Waals surface area contributed by atoms with Crippen LogP contribution in [0.2, 0.25) is 0 Å². The number of amides is 1. The molecular formula is C28H24F4N2O6. The van der Waals surface area contributed by atoms with Crippen LogP contribution in [0.3, 0.4) is 0 Å². The highest BCUT2D eigenvalue weighted by Crippen LogP contribution is 2.29. The summed E-state index contributed by atoms with van der Waals surface area (Å²) in [6.45, 7) is 0.454. The van der Waals surface area contributed by atoms with Crippen LogP contribution < -0.4 is 15.5 Å². The van der Waals surface area contributed by atoms with Crippen molar-refractivity contribution in [3.05, 3.63) is 89.1 Å². The molecule has 0 bridgehead atoms. The van der Waals surface area contributed by atoms with E-state index in [1.165, 1.54) is 6.08 Å². The molecule has 3 N–H and O–H groups in total. The largest absolute Gasteiger partial charge is 0.481 e. The molecule has 0 saturated heterocycles. The zero-order valence-electron chi connectivity index (χ0n) is 21.1. The van der Waals surface area contributed by atoms with Crippen molar-refractivity contribution in [2.24, 2.45) is 0 Å². The summed E-state index contributed by atoms with van der Waals surface area (Å²) in [5.41, 5.74) is 2.62. The second-order valence-corrected chi connectivity index (χ2v) is 9.11. The average molecular weight is 561 g/mol. The third-order valence-corrected chi connectivity index (χ3v) is 6.45. The molecule has 1 aliphatic rings. The van der Waals surface area contributed by atoms with Gasteiger partial charge >= 0.3 is 5.97 Å². The molecule has 1 heterocycles. The minimum absolute atomic E-state index is 0.0331. The number of fused-ring (bicyclic) bond motifs is 1. The summed E-state index contributed by atoms with van der Waals surface area (Å²) in [5.74, 6) is -12.2. The normalized spacial score (nSPS) is 17.2. The number of carboxylic acids is 1. The molecule has 4 rings (SSSR count). The number of aliphatic carboxylic acids is 1. The van der Waals surface area contributed by atoms with Gasteiger partial charge < -0.3 is 15.2 Å². The molecule has 3 aromatic rings. The van der Waals surface area contributed by atoms with E-state index in [4.69, 9.17) is 4.84 Å². The van der Waals surface area contributed by atoms with Gasteiger partial charge in [0.25, 0.3) is 5.91 Å².